The van der Waals surface area contributed by atoms with Crippen LogP contribution in [0.4, 0.5) is 0 Å². The second kappa shape index (κ2) is 6.53. The van der Waals surface area contributed by atoms with Crippen LogP contribution in [0.15, 0.2) is 23.1 Å². The minimum absolute atomic E-state index is 0.0725. The molecular formula is C11H11ClN4O4S. The van der Waals surface area contributed by atoms with Gasteiger partial charge in [0.1, 0.15) is 6.07 Å². The van der Waals surface area contributed by atoms with Crippen LogP contribution in [0.1, 0.15) is 5.56 Å². The van der Waals surface area contributed by atoms with Gasteiger partial charge in [0.15, 0.2) is 0 Å². The summed E-state index contributed by atoms with van der Waals surface area (Å²) in [5.41, 5.74) is 10.00. The summed E-state index contributed by atoms with van der Waals surface area (Å²) >= 11 is 5.76. The zero-order chi connectivity index (χ0) is 16.2. The van der Waals surface area contributed by atoms with Gasteiger partial charge >= 0.3 is 0 Å². The van der Waals surface area contributed by atoms with Gasteiger partial charge in [-0.25, -0.2) is 8.42 Å². The number of benzene rings is 1. The van der Waals surface area contributed by atoms with Crippen LogP contribution in [0, 0.1) is 11.3 Å². The molecule has 112 valence electrons. The van der Waals surface area contributed by atoms with E-state index in [1.807, 2.05) is 0 Å². The van der Waals surface area contributed by atoms with E-state index < -0.39 is 34.9 Å². The monoisotopic (exact) mass is 330 g/mol. The number of hydrogen-bond donors (Lipinski definition) is 2. The van der Waals surface area contributed by atoms with Crippen LogP contribution in [-0.2, 0) is 19.6 Å². The van der Waals surface area contributed by atoms with Gasteiger partial charge in [0.25, 0.3) is 0 Å². The van der Waals surface area contributed by atoms with Crippen LogP contribution in [-0.4, -0.2) is 37.6 Å². The van der Waals surface area contributed by atoms with Crippen molar-refractivity contribution in [1.29, 1.82) is 5.26 Å². The summed E-state index contributed by atoms with van der Waals surface area (Å²) in [7, 11) is -4.20. The number of sulfonamides is 1. The van der Waals surface area contributed by atoms with E-state index >= 15 is 0 Å². The molecule has 1 aromatic rings. The molecule has 0 aliphatic rings. The highest BCUT2D eigenvalue weighted by molar-refractivity contribution is 7.89. The molecule has 0 unspecified atom stereocenters. The number of rotatable bonds is 6. The van der Waals surface area contributed by atoms with E-state index in [1.54, 1.807) is 6.07 Å². The molecule has 8 nitrogen and oxygen atoms in total. The zero-order valence-electron chi connectivity index (χ0n) is 10.6. The third kappa shape index (κ3) is 4.16. The van der Waals surface area contributed by atoms with Crippen molar-refractivity contribution in [3.8, 4) is 6.07 Å². The van der Waals surface area contributed by atoms with E-state index in [9.17, 15) is 18.0 Å². The summed E-state index contributed by atoms with van der Waals surface area (Å²) in [5.74, 6) is -1.89. The van der Waals surface area contributed by atoms with E-state index in [1.165, 1.54) is 6.07 Å². The number of amides is 2. The SMILES string of the molecule is N#Cc1ccc(S(=O)(=O)N(CC(N)=O)CC(N)=O)cc1Cl. The molecule has 0 radical (unpaired) electrons. The number of nitrogens with zero attached hydrogens (tertiary/aromatic N) is 2. The van der Waals surface area contributed by atoms with Gasteiger partial charge in [0.05, 0.1) is 28.6 Å². The standard InChI is InChI=1S/C11H11ClN4O4S/c12-9-3-8(2-1-7(9)4-13)21(19,20)16(5-10(14)17)6-11(15)18/h1-3H,5-6H2,(H2,14,17)(H2,15,18). The Labute approximate surface area is 125 Å². The fourth-order valence-electron chi connectivity index (χ4n) is 1.47. The average molecular weight is 331 g/mol. The molecule has 10 heteroatoms. The number of primary amides is 2. The topological polar surface area (TPSA) is 147 Å². The average Bonchev–Trinajstić information content (AvgIpc) is 2.36. The number of carbonyl (C=O) groups excluding carboxylic acids is 2. The molecule has 0 heterocycles. The Morgan fingerprint density at radius 3 is 2.14 bits per heavy atom. The Balaban J connectivity index is 3.28. The van der Waals surface area contributed by atoms with Crippen LogP contribution in [0.25, 0.3) is 0 Å². The Hall–Kier alpha value is -2.15. The molecule has 1 aromatic carbocycles. The molecule has 4 N–H and O–H groups in total. The third-order valence-corrected chi connectivity index (χ3v) is 4.46. The predicted octanol–water partition coefficient (Wildman–Crippen LogP) is -0.827. The predicted molar refractivity (Wildman–Crippen MR) is 73.3 cm³/mol. The maximum Gasteiger partial charge on any atom is 0.244 e. The molecule has 0 atom stereocenters. The van der Waals surface area contributed by atoms with Gasteiger partial charge < -0.3 is 11.5 Å². The lowest BCUT2D eigenvalue weighted by atomic mass is 10.2. The largest absolute Gasteiger partial charge is 0.369 e. The van der Waals surface area contributed by atoms with Gasteiger partial charge in [-0.05, 0) is 18.2 Å². The van der Waals surface area contributed by atoms with Gasteiger partial charge in [0.2, 0.25) is 21.8 Å². The first-order chi connectivity index (χ1) is 9.68. The zero-order valence-corrected chi connectivity index (χ0v) is 12.2. The molecule has 0 aromatic heterocycles. The molecular weight excluding hydrogens is 320 g/mol. The number of nitrogens with two attached hydrogens (primary N) is 2. The highest BCUT2D eigenvalue weighted by Gasteiger charge is 2.27. The fourth-order valence-corrected chi connectivity index (χ4v) is 3.16. The number of halogens is 1. The molecule has 0 aliphatic carbocycles. The Morgan fingerprint density at radius 1 is 1.24 bits per heavy atom. The summed E-state index contributed by atoms with van der Waals surface area (Å²) in [6.45, 7) is -1.41. The molecule has 2 amide bonds. The molecule has 0 bridgehead atoms. The van der Waals surface area contributed by atoms with Gasteiger partial charge in [0, 0.05) is 0 Å². The maximum atomic E-state index is 12.3. The molecule has 21 heavy (non-hydrogen) atoms. The third-order valence-electron chi connectivity index (χ3n) is 2.36. The van der Waals surface area contributed by atoms with Crippen molar-refractivity contribution in [3.63, 3.8) is 0 Å². The second-order valence-corrected chi connectivity index (χ2v) is 6.30. The van der Waals surface area contributed by atoms with E-state index in [0.717, 1.165) is 12.1 Å². The summed E-state index contributed by atoms with van der Waals surface area (Å²) in [4.78, 5) is 21.6. The normalized spacial score (nSPS) is 11.1. The van der Waals surface area contributed by atoms with Crippen molar-refractivity contribution in [2.24, 2.45) is 11.5 Å². The van der Waals surface area contributed by atoms with Crippen LogP contribution >= 0.6 is 11.6 Å². The van der Waals surface area contributed by atoms with Gasteiger partial charge in [-0.3, -0.25) is 9.59 Å². The van der Waals surface area contributed by atoms with Crippen molar-refractivity contribution in [2.75, 3.05) is 13.1 Å². The lowest BCUT2D eigenvalue weighted by Gasteiger charge is -2.19. The summed E-state index contributed by atoms with van der Waals surface area (Å²) in [6, 6.07) is 5.17. The first-order valence-electron chi connectivity index (χ1n) is 5.45. The Bertz CT molecular complexity index is 710. The minimum Gasteiger partial charge on any atom is -0.369 e. The van der Waals surface area contributed by atoms with Crippen LogP contribution in [0.5, 0.6) is 0 Å². The number of nitriles is 1. The molecule has 1 rings (SSSR count). The van der Waals surface area contributed by atoms with Crippen molar-refractivity contribution in [2.45, 2.75) is 4.90 Å². The second-order valence-electron chi connectivity index (χ2n) is 3.96. The smallest absolute Gasteiger partial charge is 0.244 e. The van der Waals surface area contributed by atoms with E-state index in [0.29, 0.717) is 4.31 Å². The first-order valence-corrected chi connectivity index (χ1v) is 7.26. The highest BCUT2D eigenvalue weighted by atomic mass is 35.5. The van der Waals surface area contributed by atoms with Crippen molar-refractivity contribution in [3.05, 3.63) is 28.8 Å². The van der Waals surface area contributed by atoms with Crippen molar-refractivity contribution < 1.29 is 18.0 Å². The molecule has 0 fully saturated rings. The lowest BCUT2D eigenvalue weighted by Crippen LogP contribution is -2.43. The van der Waals surface area contributed by atoms with Crippen LogP contribution in [0.3, 0.4) is 0 Å². The summed E-state index contributed by atoms with van der Waals surface area (Å²) in [6.07, 6.45) is 0. The van der Waals surface area contributed by atoms with Crippen LogP contribution in [0.2, 0.25) is 5.02 Å². The fraction of sp³-hybridized carbons (Fsp3) is 0.182. The van der Waals surface area contributed by atoms with Crippen molar-refractivity contribution in [1.82, 2.24) is 4.31 Å². The van der Waals surface area contributed by atoms with E-state index in [2.05, 4.69) is 0 Å². The number of hydrogen-bond acceptors (Lipinski definition) is 5. The molecule has 0 saturated carbocycles. The highest BCUT2D eigenvalue weighted by Crippen LogP contribution is 2.22. The van der Waals surface area contributed by atoms with Gasteiger partial charge in [-0.15, -0.1) is 0 Å². The molecule has 0 spiro atoms. The molecule has 0 aliphatic heterocycles. The first kappa shape index (κ1) is 16.9. The van der Waals surface area contributed by atoms with Gasteiger partial charge in [-0.2, -0.15) is 9.57 Å². The number of carbonyl (C=O) groups is 2. The Kier molecular flexibility index (Phi) is 5.26. The Morgan fingerprint density at radius 2 is 1.76 bits per heavy atom. The lowest BCUT2D eigenvalue weighted by molar-refractivity contribution is -0.120. The van der Waals surface area contributed by atoms with Gasteiger partial charge in [-0.1, -0.05) is 11.6 Å². The van der Waals surface area contributed by atoms with E-state index in [-0.39, 0.29) is 15.5 Å². The van der Waals surface area contributed by atoms with E-state index in [4.69, 9.17) is 28.3 Å². The molecule has 0 saturated heterocycles. The summed E-state index contributed by atoms with van der Waals surface area (Å²) in [5, 5.41) is 8.67. The summed E-state index contributed by atoms with van der Waals surface area (Å²) < 4.78 is 25.2. The quantitative estimate of drug-likeness (QED) is 0.698. The van der Waals surface area contributed by atoms with Crippen molar-refractivity contribution >= 4 is 33.4 Å². The maximum absolute atomic E-state index is 12.3. The van der Waals surface area contributed by atoms with Crippen LogP contribution < -0.4 is 11.5 Å². The minimum atomic E-state index is -4.20.